The van der Waals surface area contributed by atoms with Crippen LogP contribution in [0.25, 0.3) is 5.69 Å². The molecule has 114 valence electrons. The van der Waals surface area contributed by atoms with Crippen LogP contribution in [0.5, 0.6) is 0 Å². The Kier molecular flexibility index (Phi) is 4.01. The Balaban J connectivity index is 2.22. The monoisotopic (exact) mass is 320 g/mol. The van der Waals surface area contributed by atoms with E-state index in [1.807, 2.05) is 0 Å². The molecular formula is C11H11F3N4O2S. The van der Waals surface area contributed by atoms with E-state index in [1.54, 1.807) is 0 Å². The second-order valence-electron chi connectivity index (χ2n) is 4.30. The number of hydrogen-bond donors (Lipinski definition) is 1. The van der Waals surface area contributed by atoms with Gasteiger partial charge in [0.15, 0.2) is 0 Å². The van der Waals surface area contributed by atoms with E-state index in [-0.39, 0.29) is 17.9 Å². The van der Waals surface area contributed by atoms with Crippen molar-refractivity contribution in [2.24, 2.45) is 0 Å². The summed E-state index contributed by atoms with van der Waals surface area (Å²) in [4.78, 5) is 0. The minimum Gasteiger partial charge on any atom is -0.220 e. The van der Waals surface area contributed by atoms with Crippen LogP contribution < -0.4 is 4.72 Å². The van der Waals surface area contributed by atoms with E-state index in [0.29, 0.717) is 0 Å². The zero-order chi connectivity index (χ0) is 15.7. The van der Waals surface area contributed by atoms with Crippen molar-refractivity contribution in [3.63, 3.8) is 0 Å². The molecule has 0 atom stereocenters. The minimum atomic E-state index is -4.45. The number of aromatic nitrogens is 3. The molecule has 0 aliphatic carbocycles. The number of halogens is 3. The van der Waals surface area contributed by atoms with Gasteiger partial charge in [0, 0.05) is 0 Å². The number of rotatable bonds is 4. The number of sulfonamides is 1. The fourth-order valence-electron chi connectivity index (χ4n) is 1.54. The maximum atomic E-state index is 12.6. The van der Waals surface area contributed by atoms with E-state index >= 15 is 0 Å². The van der Waals surface area contributed by atoms with Gasteiger partial charge in [0.2, 0.25) is 10.0 Å². The number of hydrogen-bond acceptors (Lipinski definition) is 4. The molecule has 1 heterocycles. The highest BCUT2D eigenvalue weighted by Gasteiger charge is 2.30. The molecule has 1 N–H and O–H groups in total. The van der Waals surface area contributed by atoms with Crippen LogP contribution in [-0.2, 0) is 22.7 Å². The minimum absolute atomic E-state index is 0.0855. The lowest BCUT2D eigenvalue weighted by Gasteiger charge is -2.08. The smallest absolute Gasteiger partial charge is 0.220 e. The first kappa shape index (κ1) is 15.4. The topological polar surface area (TPSA) is 76.9 Å². The summed E-state index contributed by atoms with van der Waals surface area (Å²) in [7, 11) is -3.38. The average Bonchev–Trinajstić information content (AvgIpc) is 2.83. The van der Waals surface area contributed by atoms with Crippen LogP contribution in [0.3, 0.4) is 0 Å². The maximum absolute atomic E-state index is 12.6. The van der Waals surface area contributed by atoms with Crippen molar-refractivity contribution in [1.29, 1.82) is 0 Å². The number of nitrogens with one attached hydrogen (secondary N) is 1. The van der Waals surface area contributed by atoms with Gasteiger partial charge in [-0.25, -0.2) is 17.8 Å². The van der Waals surface area contributed by atoms with E-state index in [0.717, 1.165) is 23.1 Å². The molecule has 0 aliphatic heterocycles. The highest BCUT2D eigenvalue weighted by molar-refractivity contribution is 7.88. The van der Waals surface area contributed by atoms with Crippen LogP contribution in [-0.4, -0.2) is 29.7 Å². The Bertz CT molecular complexity index is 740. The lowest BCUT2D eigenvalue weighted by molar-refractivity contribution is -0.137. The molecule has 0 amide bonds. The van der Waals surface area contributed by atoms with Crippen LogP contribution in [0.1, 0.15) is 11.3 Å². The summed E-state index contributed by atoms with van der Waals surface area (Å²) in [5, 5.41) is 7.37. The second kappa shape index (κ2) is 5.45. The third-order valence-electron chi connectivity index (χ3n) is 2.49. The molecule has 0 aliphatic rings. The summed E-state index contributed by atoms with van der Waals surface area (Å²) in [5.41, 5.74) is -0.327. The normalized spacial score (nSPS) is 12.6. The molecule has 0 saturated heterocycles. The van der Waals surface area contributed by atoms with Gasteiger partial charge in [-0.15, -0.1) is 5.10 Å². The molecule has 1 aromatic heterocycles. The van der Waals surface area contributed by atoms with Crippen LogP contribution in [0.4, 0.5) is 13.2 Å². The molecule has 21 heavy (non-hydrogen) atoms. The van der Waals surface area contributed by atoms with Crippen molar-refractivity contribution in [3.8, 4) is 5.69 Å². The Labute approximate surface area is 118 Å². The van der Waals surface area contributed by atoms with Gasteiger partial charge in [0.05, 0.1) is 35.9 Å². The van der Waals surface area contributed by atoms with Crippen molar-refractivity contribution >= 4 is 10.0 Å². The molecule has 10 heteroatoms. The maximum Gasteiger partial charge on any atom is 0.416 e. The molecule has 6 nitrogen and oxygen atoms in total. The van der Waals surface area contributed by atoms with Gasteiger partial charge in [-0.2, -0.15) is 13.2 Å². The Morgan fingerprint density at radius 2 is 2.05 bits per heavy atom. The zero-order valence-electron chi connectivity index (χ0n) is 10.8. The van der Waals surface area contributed by atoms with E-state index in [2.05, 4.69) is 15.0 Å². The van der Waals surface area contributed by atoms with Gasteiger partial charge in [0.25, 0.3) is 0 Å². The predicted octanol–water partition coefficient (Wildman–Crippen LogP) is 1.34. The second-order valence-corrected chi connectivity index (χ2v) is 6.13. The third-order valence-corrected chi connectivity index (χ3v) is 3.16. The third kappa shape index (κ3) is 4.26. The van der Waals surface area contributed by atoms with Crippen LogP contribution in [0.2, 0.25) is 0 Å². The summed E-state index contributed by atoms with van der Waals surface area (Å²) in [6, 6.07) is 4.58. The highest BCUT2D eigenvalue weighted by atomic mass is 32.2. The molecule has 0 radical (unpaired) electrons. The molecule has 0 saturated carbocycles. The zero-order valence-corrected chi connectivity index (χ0v) is 11.6. The lowest BCUT2D eigenvalue weighted by Crippen LogP contribution is -2.21. The Morgan fingerprint density at radius 3 is 2.67 bits per heavy atom. The summed E-state index contributed by atoms with van der Waals surface area (Å²) >= 11 is 0. The summed E-state index contributed by atoms with van der Waals surface area (Å²) in [6.07, 6.45) is -2.10. The molecule has 0 fully saturated rings. The van der Waals surface area contributed by atoms with Crippen molar-refractivity contribution in [1.82, 2.24) is 19.7 Å². The average molecular weight is 320 g/mol. The molecular weight excluding hydrogens is 309 g/mol. The molecule has 2 rings (SSSR count). The quantitative estimate of drug-likeness (QED) is 0.922. The van der Waals surface area contributed by atoms with Gasteiger partial charge in [-0.1, -0.05) is 11.3 Å². The van der Waals surface area contributed by atoms with Gasteiger partial charge in [0.1, 0.15) is 0 Å². The summed E-state index contributed by atoms with van der Waals surface area (Å²) < 4.78 is 63.1. The molecule has 0 bridgehead atoms. The predicted molar refractivity (Wildman–Crippen MR) is 68.0 cm³/mol. The first-order valence-electron chi connectivity index (χ1n) is 5.69. The molecule has 0 spiro atoms. The van der Waals surface area contributed by atoms with Gasteiger partial charge in [-0.3, -0.25) is 0 Å². The largest absolute Gasteiger partial charge is 0.416 e. The van der Waals surface area contributed by atoms with Crippen molar-refractivity contribution in [2.45, 2.75) is 12.7 Å². The van der Waals surface area contributed by atoms with Gasteiger partial charge in [-0.05, 0) is 18.2 Å². The molecule has 1 aromatic carbocycles. The first-order valence-corrected chi connectivity index (χ1v) is 7.58. The number of alkyl halides is 3. The van der Waals surface area contributed by atoms with Crippen LogP contribution >= 0.6 is 0 Å². The van der Waals surface area contributed by atoms with Crippen LogP contribution in [0, 0.1) is 0 Å². The highest BCUT2D eigenvalue weighted by Crippen LogP contribution is 2.30. The first-order chi connectivity index (χ1) is 9.65. The lowest BCUT2D eigenvalue weighted by atomic mass is 10.2. The molecule has 2 aromatic rings. The van der Waals surface area contributed by atoms with Gasteiger partial charge < -0.3 is 0 Å². The fourth-order valence-corrected chi connectivity index (χ4v) is 1.95. The van der Waals surface area contributed by atoms with Gasteiger partial charge >= 0.3 is 6.18 Å². The Morgan fingerprint density at radius 1 is 1.33 bits per heavy atom. The Hall–Kier alpha value is -1.94. The van der Waals surface area contributed by atoms with E-state index in [9.17, 15) is 21.6 Å². The standard InChI is InChI=1S/C11H11F3N4O2S/c1-21(19,20)15-6-9-7-18(17-16-9)10-4-2-3-8(5-10)11(12,13)14/h2-5,7,15H,6H2,1H3. The van der Waals surface area contributed by atoms with E-state index in [4.69, 9.17) is 0 Å². The summed E-state index contributed by atoms with van der Waals surface area (Å²) in [6.45, 7) is -0.0855. The van der Waals surface area contributed by atoms with Crippen molar-refractivity contribution in [3.05, 3.63) is 41.7 Å². The van der Waals surface area contributed by atoms with Crippen LogP contribution in [0.15, 0.2) is 30.5 Å². The number of nitrogens with zero attached hydrogens (tertiary/aromatic N) is 3. The number of benzene rings is 1. The van der Waals surface area contributed by atoms with E-state index in [1.165, 1.54) is 18.3 Å². The fraction of sp³-hybridized carbons (Fsp3) is 0.273. The van der Waals surface area contributed by atoms with Crippen molar-refractivity contribution in [2.75, 3.05) is 6.26 Å². The SMILES string of the molecule is CS(=O)(=O)NCc1cn(-c2cccc(C(F)(F)F)c2)nn1. The molecule has 0 unspecified atom stereocenters. The summed E-state index contributed by atoms with van der Waals surface area (Å²) in [5.74, 6) is 0. The van der Waals surface area contributed by atoms with E-state index < -0.39 is 21.8 Å². The van der Waals surface area contributed by atoms with Crippen molar-refractivity contribution < 1.29 is 21.6 Å².